The first-order valence-corrected chi connectivity index (χ1v) is 9.81. The lowest BCUT2D eigenvalue weighted by atomic mass is 10.1. The zero-order valence-corrected chi connectivity index (χ0v) is 17.5. The van der Waals surface area contributed by atoms with Crippen molar-refractivity contribution < 1.29 is 14.3 Å². The van der Waals surface area contributed by atoms with Crippen LogP contribution in [0.15, 0.2) is 57.2 Å². The number of amides is 1. The number of thiazole rings is 1. The van der Waals surface area contributed by atoms with Gasteiger partial charge in [-0.1, -0.05) is 35.6 Å². The van der Waals surface area contributed by atoms with Crippen molar-refractivity contribution >= 4 is 17.2 Å². The molecule has 1 aromatic rings. The fourth-order valence-electron chi connectivity index (χ4n) is 2.30. The van der Waals surface area contributed by atoms with Gasteiger partial charge < -0.3 is 9.47 Å². The van der Waals surface area contributed by atoms with Crippen molar-refractivity contribution in [3.63, 3.8) is 0 Å². The molecule has 0 bridgehead atoms. The maximum absolute atomic E-state index is 12.6. The maximum atomic E-state index is 12.6. The number of hydrogen-bond acceptors (Lipinski definition) is 7. The van der Waals surface area contributed by atoms with Crippen LogP contribution in [-0.4, -0.2) is 36.2 Å². The molecular weight excluding hydrogens is 364 g/mol. The molecule has 8 heteroatoms. The van der Waals surface area contributed by atoms with E-state index >= 15 is 0 Å². The first kappa shape index (κ1) is 22.6. The van der Waals surface area contributed by atoms with Crippen molar-refractivity contribution in [2.24, 2.45) is 10.3 Å². The van der Waals surface area contributed by atoms with Crippen LogP contribution in [0.5, 0.6) is 5.19 Å². The van der Waals surface area contributed by atoms with Crippen LogP contribution in [-0.2, 0) is 9.53 Å². The first-order chi connectivity index (χ1) is 13.1. The van der Waals surface area contributed by atoms with Crippen LogP contribution < -0.4 is 4.74 Å². The highest BCUT2D eigenvalue weighted by Gasteiger charge is 2.23. The molecule has 0 fully saturated rings. The van der Waals surface area contributed by atoms with E-state index in [-0.39, 0.29) is 12.5 Å². The predicted molar refractivity (Wildman–Crippen MR) is 107 cm³/mol. The second-order valence-corrected chi connectivity index (χ2v) is 6.14. The van der Waals surface area contributed by atoms with E-state index in [1.54, 1.807) is 6.20 Å². The number of hydrogen-bond donors (Lipinski definition) is 0. The van der Waals surface area contributed by atoms with Crippen LogP contribution >= 0.6 is 11.3 Å². The minimum Gasteiger partial charge on any atom is -0.493 e. The quantitative estimate of drug-likeness (QED) is 0.232. The van der Waals surface area contributed by atoms with Crippen LogP contribution in [0.2, 0.25) is 0 Å². The summed E-state index contributed by atoms with van der Waals surface area (Å²) in [4.78, 5) is 16.8. The Kier molecular flexibility index (Phi) is 10.7. The van der Waals surface area contributed by atoms with Crippen LogP contribution in [0, 0.1) is 0 Å². The molecule has 0 saturated carbocycles. The molecule has 0 aromatic carbocycles. The Hall–Kier alpha value is -2.48. The highest BCUT2D eigenvalue weighted by Crippen LogP contribution is 2.25. The first-order valence-electron chi connectivity index (χ1n) is 8.93. The second-order valence-electron chi connectivity index (χ2n) is 5.28. The van der Waals surface area contributed by atoms with Crippen molar-refractivity contribution in [1.82, 2.24) is 9.99 Å². The molecule has 148 valence electrons. The molecule has 1 rings (SSSR count). The third kappa shape index (κ3) is 6.97. The lowest BCUT2D eigenvalue weighted by Gasteiger charge is -2.23. The summed E-state index contributed by atoms with van der Waals surface area (Å²) in [6.45, 7) is 8.26. The highest BCUT2D eigenvalue weighted by atomic mass is 32.1. The third-order valence-corrected chi connectivity index (χ3v) is 4.04. The van der Waals surface area contributed by atoms with E-state index < -0.39 is 0 Å². The lowest BCUT2D eigenvalue weighted by molar-refractivity contribution is -0.129. The maximum Gasteiger partial charge on any atom is 0.273 e. The van der Waals surface area contributed by atoms with Gasteiger partial charge in [0.2, 0.25) is 5.91 Å². The SMILES string of the molecule is C\C=C/C(OCC)=C(COc1nccs1)\C(=C/C)N(/N=N\C)C(=O)CCC. The number of ether oxygens (including phenoxy) is 2. The number of allylic oxidation sites excluding steroid dienone is 3. The lowest BCUT2D eigenvalue weighted by Crippen LogP contribution is -2.28. The van der Waals surface area contributed by atoms with Crippen LogP contribution in [0.1, 0.15) is 40.5 Å². The Morgan fingerprint density at radius 3 is 2.67 bits per heavy atom. The van der Waals surface area contributed by atoms with Crippen LogP contribution in [0.3, 0.4) is 0 Å². The van der Waals surface area contributed by atoms with Crippen LogP contribution in [0.25, 0.3) is 0 Å². The third-order valence-electron chi connectivity index (χ3n) is 3.35. The molecule has 0 aliphatic carbocycles. The van der Waals surface area contributed by atoms with Crippen molar-refractivity contribution in [3.05, 3.63) is 46.8 Å². The van der Waals surface area contributed by atoms with Crippen molar-refractivity contribution in [2.75, 3.05) is 20.3 Å². The summed E-state index contributed by atoms with van der Waals surface area (Å²) in [6.07, 6.45) is 8.29. The van der Waals surface area contributed by atoms with Gasteiger partial charge in [-0.3, -0.25) is 4.79 Å². The van der Waals surface area contributed by atoms with Gasteiger partial charge in [-0.25, -0.2) is 4.98 Å². The van der Waals surface area contributed by atoms with Gasteiger partial charge in [0.05, 0.1) is 24.9 Å². The summed E-state index contributed by atoms with van der Waals surface area (Å²) < 4.78 is 11.6. The molecule has 7 nitrogen and oxygen atoms in total. The van der Waals surface area contributed by atoms with Crippen molar-refractivity contribution in [1.29, 1.82) is 0 Å². The molecule has 27 heavy (non-hydrogen) atoms. The van der Waals surface area contributed by atoms with Crippen molar-refractivity contribution in [3.8, 4) is 5.19 Å². The molecule has 0 unspecified atom stereocenters. The average Bonchev–Trinajstić information content (AvgIpc) is 3.17. The highest BCUT2D eigenvalue weighted by molar-refractivity contribution is 7.11. The smallest absolute Gasteiger partial charge is 0.273 e. The predicted octanol–water partition coefficient (Wildman–Crippen LogP) is 4.92. The fourth-order valence-corrected chi connectivity index (χ4v) is 2.78. The van der Waals surface area contributed by atoms with Gasteiger partial charge in [-0.2, -0.15) is 10.1 Å². The van der Waals surface area contributed by atoms with E-state index in [4.69, 9.17) is 9.47 Å². The zero-order valence-electron chi connectivity index (χ0n) is 16.6. The van der Waals surface area contributed by atoms with Crippen LogP contribution in [0.4, 0.5) is 0 Å². The summed E-state index contributed by atoms with van der Waals surface area (Å²) in [7, 11) is 1.53. The molecule has 0 radical (unpaired) electrons. The monoisotopic (exact) mass is 392 g/mol. The Morgan fingerprint density at radius 2 is 2.15 bits per heavy atom. The molecule has 0 saturated heterocycles. The molecule has 0 N–H and O–H groups in total. The van der Waals surface area contributed by atoms with E-state index in [1.807, 2.05) is 51.3 Å². The normalized spacial score (nSPS) is 13.1. The number of nitrogens with zero attached hydrogens (tertiary/aromatic N) is 4. The van der Waals surface area contributed by atoms with Gasteiger partial charge in [0.1, 0.15) is 12.4 Å². The zero-order chi connectivity index (χ0) is 20.1. The van der Waals surface area contributed by atoms with E-state index in [9.17, 15) is 4.79 Å². The summed E-state index contributed by atoms with van der Waals surface area (Å²) in [5.41, 5.74) is 1.28. The molecule has 1 amide bonds. The number of carbonyl (C=O) groups is 1. The Balaban J connectivity index is 3.37. The average molecular weight is 393 g/mol. The van der Waals surface area contributed by atoms with Gasteiger partial charge in [0, 0.05) is 18.0 Å². The van der Waals surface area contributed by atoms with Gasteiger partial charge in [-0.15, -0.1) is 0 Å². The number of carbonyl (C=O) groups excluding carboxylic acids is 1. The minimum absolute atomic E-state index is 0.140. The van der Waals surface area contributed by atoms with Crippen molar-refractivity contribution in [2.45, 2.75) is 40.5 Å². The summed E-state index contributed by atoms with van der Waals surface area (Å²) >= 11 is 1.40. The molecule has 1 heterocycles. The molecule has 0 aliphatic heterocycles. The summed E-state index contributed by atoms with van der Waals surface area (Å²) in [5, 5.41) is 11.5. The Bertz CT molecular complexity index is 694. The van der Waals surface area contributed by atoms with Gasteiger partial charge in [-0.05, 0) is 33.3 Å². The van der Waals surface area contributed by atoms with Gasteiger partial charge in [0.25, 0.3) is 5.19 Å². The topological polar surface area (TPSA) is 76.4 Å². The van der Waals surface area contributed by atoms with Gasteiger partial charge >= 0.3 is 0 Å². The Morgan fingerprint density at radius 1 is 1.37 bits per heavy atom. The second kappa shape index (κ2) is 12.8. The van der Waals surface area contributed by atoms with E-state index in [2.05, 4.69) is 15.3 Å². The molecule has 0 aliphatic rings. The fraction of sp³-hybridized carbons (Fsp3) is 0.474. The molecular formula is C19H28N4O3S. The number of rotatable bonds is 11. The summed E-state index contributed by atoms with van der Waals surface area (Å²) in [6, 6.07) is 0. The number of aromatic nitrogens is 1. The van der Waals surface area contributed by atoms with Gasteiger partial charge in [0.15, 0.2) is 0 Å². The largest absolute Gasteiger partial charge is 0.493 e. The van der Waals surface area contributed by atoms with E-state index in [0.717, 1.165) is 0 Å². The molecule has 0 spiro atoms. The van der Waals surface area contributed by atoms with E-state index in [1.165, 1.54) is 23.4 Å². The molecule has 0 atom stereocenters. The summed E-state index contributed by atoms with van der Waals surface area (Å²) in [5.74, 6) is 0.476. The standard InChI is InChI=1S/C19H28N4O3S/c1-6-10-17(25-9-4)15(14-26-19-21-12-13-27-19)16(8-3)23(22-20-5)18(24)11-7-2/h6,8,10,12-13H,7,9,11,14H2,1-5H3/b10-6-,16-8+,17-15+,22-20-. The van der Waals surface area contributed by atoms with E-state index in [0.29, 0.717) is 41.7 Å². The minimum atomic E-state index is -0.140. The Labute approximate surface area is 165 Å². The molecule has 1 aromatic heterocycles.